The van der Waals surface area contributed by atoms with Gasteiger partial charge in [-0.1, -0.05) is 30.3 Å². The molecule has 1 aliphatic heterocycles. The van der Waals surface area contributed by atoms with Crippen molar-refractivity contribution in [3.05, 3.63) is 29.0 Å². The Balaban J connectivity index is 2.20. The van der Waals surface area contributed by atoms with Gasteiger partial charge in [0, 0.05) is 0 Å². The number of rotatable bonds is 2. The number of hydrogen-bond donors (Lipinski definition) is 1. The maximum absolute atomic E-state index is 12.9. The molecule has 1 aromatic rings. The fourth-order valence-electron chi connectivity index (χ4n) is 1.40. The van der Waals surface area contributed by atoms with Crippen LogP contribution < -0.4 is 5.32 Å². The highest BCUT2D eigenvalue weighted by molar-refractivity contribution is 8.15. The molecule has 0 aromatic heterocycles. The summed E-state index contributed by atoms with van der Waals surface area (Å²) in [5.41, 5.74) is 0.524. The highest BCUT2D eigenvalue weighted by Crippen LogP contribution is 2.26. The van der Waals surface area contributed by atoms with Crippen molar-refractivity contribution in [1.29, 1.82) is 0 Å². The number of nitrogens with one attached hydrogen (secondary N) is 1. The van der Waals surface area contributed by atoms with E-state index in [1.165, 1.54) is 30.0 Å². The van der Waals surface area contributed by atoms with Gasteiger partial charge < -0.3 is 5.32 Å². The lowest BCUT2D eigenvalue weighted by molar-refractivity contribution is -0.118. The molecule has 1 aliphatic rings. The number of carbonyl (C=O) groups excluding carboxylic acids is 1. The highest BCUT2D eigenvalue weighted by Gasteiger charge is 2.28. The molecule has 1 atom stereocenters. The quantitative estimate of drug-likeness (QED) is 0.899. The molecule has 0 radical (unpaired) electrons. The molecule has 1 N–H and O–H groups in total. The smallest absolute Gasteiger partial charge is 0.239 e. The van der Waals surface area contributed by atoms with E-state index < -0.39 is 5.82 Å². The largest absolute Gasteiger partial charge is 0.304 e. The van der Waals surface area contributed by atoms with Gasteiger partial charge in [0.25, 0.3) is 0 Å². The highest BCUT2D eigenvalue weighted by atomic mass is 35.5. The summed E-state index contributed by atoms with van der Waals surface area (Å²) in [5, 5.41) is 3.14. The fourth-order valence-corrected chi connectivity index (χ4v) is 2.49. The molecule has 0 aliphatic carbocycles. The van der Waals surface area contributed by atoms with E-state index in [0.29, 0.717) is 10.9 Å². The molecular weight excluding hydrogens is 263 g/mol. The van der Waals surface area contributed by atoms with Crippen LogP contribution in [0.1, 0.15) is 13.3 Å². The number of hydrogen-bond acceptors (Lipinski definition) is 3. The zero-order chi connectivity index (χ0) is 12.4. The minimum atomic E-state index is -0.481. The summed E-state index contributed by atoms with van der Waals surface area (Å²) in [6, 6.07) is 4.19. The van der Waals surface area contributed by atoms with Crippen LogP contribution in [-0.4, -0.2) is 16.3 Å². The number of benzene rings is 1. The zero-order valence-electron chi connectivity index (χ0n) is 9.04. The zero-order valence-corrected chi connectivity index (χ0v) is 10.6. The summed E-state index contributed by atoms with van der Waals surface area (Å²) in [4.78, 5) is 15.6. The van der Waals surface area contributed by atoms with Gasteiger partial charge in [0.15, 0.2) is 5.17 Å². The summed E-state index contributed by atoms with van der Waals surface area (Å²) in [7, 11) is 0. The maximum atomic E-state index is 12.9. The number of amidine groups is 1. The Bertz CT molecular complexity index is 492. The van der Waals surface area contributed by atoms with Gasteiger partial charge in [-0.05, 0) is 24.6 Å². The van der Waals surface area contributed by atoms with Crippen LogP contribution in [0.4, 0.5) is 10.1 Å². The molecule has 1 heterocycles. The van der Waals surface area contributed by atoms with Crippen LogP contribution in [0, 0.1) is 5.82 Å². The van der Waals surface area contributed by atoms with Crippen LogP contribution in [0.5, 0.6) is 0 Å². The van der Waals surface area contributed by atoms with Crippen molar-refractivity contribution in [3.63, 3.8) is 0 Å². The Labute approximate surface area is 107 Å². The fraction of sp³-hybridized carbons (Fsp3) is 0.273. The second kappa shape index (κ2) is 5.06. The number of halogens is 2. The van der Waals surface area contributed by atoms with E-state index in [-0.39, 0.29) is 16.2 Å². The van der Waals surface area contributed by atoms with Crippen molar-refractivity contribution in [2.45, 2.75) is 18.6 Å². The number of carbonyl (C=O) groups is 1. The van der Waals surface area contributed by atoms with Gasteiger partial charge in [-0.25, -0.2) is 9.38 Å². The Morgan fingerprint density at radius 1 is 1.59 bits per heavy atom. The molecule has 1 aromatic carbocycles. The van der Waals surface area contributed by atoms with Crippen molar-refractivity contribution in [3.8, 4) is 0 Å². The molecule has 0 unspecified atom stereocenters. The van der Waals surface area contributed by atoms with Crippen LogP contribution in [0.2, 0.25) is 5.02 Å². The van der Waals surface area contributed by atoms with Gasteiger partial charge in [-0.2, -0.15) is 0 Å². The summed E-state index contributed by atoms with van der Waals surface area (Å²) in [5.74, 6) is -0.519. The molecule has 0 spiro atoms. The molecule has 0 bridgehead atoms. The molecule has 0 saturated carbocycles. The molecule has 2 rings (SSSR count). The third-order valence-electron chi connectivity index (χ3n) is 2.28. The van der Waals surface area contributed by atoms with Gasteiger partial charge in [0.1, 0.15) is 5.82 Å². The molecule has 17 heavy (non-hydrogen) atoms. The van der Waals surface area contributed by atoms with E-state index in [1.54, 1.807) is 0 Å². The van der Waals surface area contributed by atoms with E-state index in [9.17, 15) is 9.18 Å². The topological polar surface area (TPSA) is 41.5 Å². The molecule has 90 valence electrons. The lowest BCUT2D eigenvalue weighted by atomic mass is 10.3. The normalized spacial score (nSPS) is 21.9. The van der Waals surface area contributed by atoms with E-state index in [0.717, 1.165) is 6.42 Å². The van der Waals surface area contributed by atoms with Gasteiger partial charge in [0.05, 0.1) is 16.0 Å². The molecule has 6 heteroatoms. The Morgan fingerprint density at radius 3 is 2.94 bits per heavy atom. The number of thioether (sulfide) groups is 1. The van der Waals surface area contributed by atoms with Crippen LogP contribution in [0.25, 0.3) is 0 Å². The Kier molecular flexibility index (Phi) is 3.69. The lowest BCUT2D eigenvalue weighted by Crippen LogP contribution is -2.24. The Morgan fingerprint density at radius 2 is 2.35 bits per heavy atom. The van der Waals surface area contributed by atoms with Crippen LogP contribution in [0.3, 0.4) is 0 Å². The van der Waals surface area contributed by atoms with E-state index in [4.69, 9.17) is 11.6 Å². The molecule has 1 fully saturated rings. The van der Waals surface area contributed by atoms with Gasteiger partial charge in [0.2, 0.25) is 5.91 Å². The van der Waals surface area contributed by atoms with Gasteiger partial charge in [-0.3, -0.25) is 4.79 Å². The van der Waals surface area contributed by atoms with Crippen LogP contribution >= 0.6 is 23.4 Å². The average Bonchev–Trinajstić information content (AvgIpc) is 2.64. The minimum Gasteiger partial charge on any atom is -0.304 e. The molecule has 1 amide bonds. The van der Waals surface area contributed by atoms with Crippen molar-refractivity contribution >= 4 is 40.1 Å². The minimum absolute atomic E-state index is 0.0215. The monoisotopic (exact) mass is 272 g/mol. The second-order valence-electron chi connectivity index (χ2n) is 3.52. The van der Waals surface area contributed by atoms with Crippen molar-refractivity contribution in [1.82, 2.24) is 5.32 Å². The van der Waals surface area contributed by atoms with Crippen molar-refractivity contribution in [2.75, 3.05) is 0 Å². The second-order valence-corrected chi connectivity index (χ2v) is 5.12. The Hall–Kier alpha value is -1.07. The summed E-state index contributed by atoms with van der Waals surface area (Å²) in [6.07, 6.45) is 0.750. The number of nitrogens with zero attached hydrogens (tertiary/aromatic N) is 1. The third-order valence-corrected chi connectivity index (χ3v) is 3.82. The maximum Gasteiger partial charge on any atom is 0.239 e. The molecule has 1 saturated heterocycles. The first-order chi connectivity index (χ1) is 8.10. The van der Waals surface area contributed by atoms with Gasteiger partial charge in [-0.15, -0.1) is 0 Å². The first-order valence-electron chi connectivity index (χ1n) is 5.11. The lowest BCUT2D eigenvalue weighted by Gasteiger charge is -1.99. The summed E-state index contributed by atoms with van der Waals surface area (Å²) >= 11 is 7.02. The van der Waals surface area contributed by atoms with E-state index in [2.05, 4.69) is 10.3 Å². The van der Waals surface area contributed by atoms with Crippen molar-refractivity contribution < 1.29 is 9.18 Å². The van der Waals surface area contributed by atoms with Crippen LogP contribution in [0.15, 0.2) is 23.2 Å². The van der Waals surface area contributed by atoms with Crippen LogP contribution in [-0.2, 0) is 4.79 Å². The third kappa shape index (κ3) is 2.79. The number of amides is 1. The molecule has 3 nitrogen and oxygen atoms in total. The standard InChI is InChI=1S/C11H10ClFN2OS/c1-2-9-10(16)15-11(17-9)14-6-3-4-8(13)7(12)5-6/h3-5,9H,2H2,1H3,(H,14,15,16)/t9-/m0/s1. The summed E-state index contributed by atoms with van der Waals surface area (Å²) < 4.78 is 12.9. The molecular formula is C11H10ClFN2OS. The first kappa shape index (κ1) is 12.4. The van der Waals surface area contributed by atoms with E-state index in [1.807, 2.05) is 6.92 Å². The first-order valence-corrected chi connectivity index (χ1v) is 6.37. The van der Waals surface area contributed by atoms with Gasteiger partial charge >= 0.3 is 0 Å². The SMILES string of the molecule is CC[C@@H]1SC(=Nc2ccc(F)c(Cl)c2)NC1=O. The van der Waals surface area contributed by atoms with Crippen molar-refractivity contribution in [2.24, 2.45) is 4.99 Å². The average molecular weight is 273 g/mol. The predicted octanol–water partition coefficient (Wildman–Crippen LogP) is 3.11. The number of aliphatic imine (C=N–C) groups is 1. The van der Waals surface area contributed by atoms with E-state index >= 15 is 0 Å². The predicted molar refractivity (Wildman–Crippen MR) is 68.3 cm³/mol. The summed E-state index contributed by atoms with van der Waals surface area (Å²) in [6.45, 7) is 1.94.